The van der Waals surface area contributed by atoms with Gasteiger partial charge in [0.1, 0.15) is 13.2 Å². The van der Waals surface area contributed by atoms with Crippen molar-refractivity contribution in [3.8, 4) is 11.5 Å². The van der Waals surface area contributed by atoms with Gasteiger partial charge in [0.25, 0.3) is 11.1 Å². The van der Waals surface area contributed by atoms with Crippen molar-refractivity contribution < 1.29 is 23.9 Å². The van der Waals surface area contributed by atoms with Crippen LogP contribution < -0.4 is 14.8 Å². The number of hydrogen-bond acceptors (Lipinski definition) is 6. The summed E-state index contributed by atoms with van der Waals surface area (Å²) >= 11 is 0.802. The largest absolute Gasteiger partial charge is 0.490 e. The van der Waals surface area contributed by atoms with Crippen LogP contribution in [0.2, 0.25) is 0 Å². The molecule has 0 radical (unpaired) electrons. The van der Waals surface area contributed by atoms with Crippen molar-refractivity contribution >= 4 is 40.6 Å². The molecule has 0 unspecified atom stereocenters. The fourth-order valence-corrected chi connectivity index (χ4v) is 4.23. The van der Waals surface area contributed by atoms with E-state index >= 15 is 0 Å². The first-order chi connectivity index (χ1) is 17.0. The molecule has 8 heteroatoms. The summed E-state index contributed by atoms with van der Waals surface area (Å²) in [5.74, 6) is 0.168. The minimum atomic E-state index is -0.509. The van der Waals surface area contributed by atoms with Crippen LogP contribution in [0.1, 0.15) is 18.1 Å². The van der Waals surface area contributed by atoms with Crippen LogP contribution in [0.4, 0.5) is 10.5 Å². The molecule has 1 aliphatic heterocycles. The van der Waals surface area contributed by atoms with E-state index < -0.39 is 17.1 Å². The molecule has 0 saturated carbocycles. The van der Waals surface area contributed by atoms with Crippen LogP contribution in [0, 0.1) is 0 Å². The van der Waals surface area contributed by atoms with Gasteiger partial charge in [0.15, 0.2) is 11.5 Å². The van der Waals surface area contributed by atoms with Crippen molar-refractivity contribution in [1.29, 1.82) is 0 Å². The molecule has 1 saturated heterocycles. The maximum Gasteiger partial charge on any atom is 0.294 e. The molecule has 3 aromatic carbocycles. The zero-order valence-corrected chi connectivity index (χ0v) is 19.9. The van der Waals surface area contributed by atoms with E-state index in [9.17, 15) is 14.4 Å². The number of rotatable bonds is 9. The van der Waals surface area contributed by atoms with E-state index in [4.69, 9.17) is 9.47 Å². The molecule has 35 heavy (non-hydrogen) atoms. The summed E-state index contributed by atoms with van der Waals surface area (Å²) in [6, 6.07) is 24.0. The van der Waals surface area contributed by atoms with Crippen LogP contribution in [-0.4, -0.2) is 35.1 Å². The Morgan fingerprint density at radius 2 is 1.66 bits per heavy atom. The first kappa shape index (κ1) is 24.1. The van der Waals surface area contributed by atoms with Crippen LogP contribution >= 0.6 is 11.8 Å². The number of nitrogens with one attached hydrogen (secondary N) is 1. The SMILES string of the molecule is CCOc1cc(/C=C2\SC(=O)N(CC(=O)Nc3ccccc3)C2=O)ccc1OCc1ccccc1. The van der Waals surface area contributed by atoms with E-state index in [1.165, 1.54) is 0 Å². The average Bonchev–Trinajstić information content (AvgIpc) is 3.12. The van der Waals surface area contributed by atoms with Crippen molar-refractivity contribution in [2.75, 3.05) is 18.5 Å². The second kappa shape index (κ2) is 11.4. The van der Waals surface area contributed by atoms with Gasteiger partial charge < -0.3 is 14.8 Å². The first-order valence-electron chi connectivity index (χ1n) is 11.1. The van der Waals surface area contributed by atoms with Crippen LogP contribution in [0.15, 0.2) is 83.8 Å². The lowest BCUT2D eigenvalue weighted by molar-refractivity contribution is -0.127. The van der Waals surface area contributed by atoms with E-state index in [1.807, 2.05) is 43.3 Å². The Labute approximate surface area is 207 Å². The maximum atomic E-state index is 12.8. The Morgan fingerprint density at radius 3 is 2.37 bits per heavy atom. The Morgan fingerprint density at radius 1 is 0.943 bits per heavy atom. The van der Waals surface area contributed by atoms with Gasteiger partial charge in [0.2, 0.25) is 5.91 Å². The average molecular weight is 489 g/mol. The van der Waals surface area contributed by atoms with Gasteiger partial charge in [-0.3, -0.25) is 19.3 Å². The van der Waals surface area contributed by atoms with Crippen molar-refractivity contribution in [3.63, 3.8) is 0 Å². The number of hydrogen-bond donors (Lipinski definition) is 1. The minimum absolute atomic E-state index is 0.239. The van der Waals surface area contributed by atoms with Crippen molar-refractivity contribution in [2.24, 2.45) is 0 Å². The number of ether oxygens (including phenoxy) is 2. The van der Waals surface area contributed by atoms with Gasteiger partial charge in [-0.05, 0) is 60.2 Å². The van der Waals surface area contributed by atoms with Gasteiger partial charge in [-0.15, -0.1) is 0 Å². The van der Waals surface area contributed by atoms with Gasteiger partial charge in [-0.1, -0.05) is 54.6 Å². The van der Waals surface area contributed by atoms with E-state index in [-0.39, 0.29) is 11.4 Å². The smallest absolute Gasteiger partial charge is 0.294 e. The van der Waals surface area contributed by atoms with Crippen LogP contribution in [0.3, 0.4) is 0 Å². The molecule has 0 aromatic heterocycles. The third-order valence-corrected chi connectivity index (χ3v) is 5.94. The first-order valence-corrected chi connectivity index (χ1v) is 11.9. The molecule has 1 fully saturated rings. The summed E-state index contributed by atoms with van der Waals surface area (Å²) in [7, 11) is 0. The Balaban J connectivity index is 1.45. The summed E-state index contributed by atoms with van der Waals surface area (Å²) in [5, 5.41) is 2.19. The zero-order valence-electron chi connectivity index (χ0n) is 19.1. The lowest BCUT2D eigenvalue weighted by Crippen LogP contribution is -2.36. The fraction of sp³-hybridized carbons (Fsp3) is 0.148. The lowest BCUT2D eigenvalue weighted by Gasteiger charge is -2.13. The van der Waals surface area contributed by atoms with Crippen molar-refractivity contribution in [1.82, 2.24) is 4.90 Å². The van der Waals surface area contributed by atoms with E-state index in [0.29, 0.717) is 36.0 Å². The zero-order chi connectivity index (χ0) is 24.6. The number of imide groups is 1. The van der Waals surface area contributed by atoms with Gasteiger partial charge >= 0.3 is 0 Å². The quantitative estimate of drug-likeness (QED) is 0.409. The highest BCUT2D eigenvalue weighted by Gasteiger charge is 2.36. The summed E-state index contributed by atoms with van der Waals surface area (Å²) in [6.45, 7) is 2.36. The molecule has 3 aromatic rings. The number of thioether (sulfide) groups is 1. The van der Waals surface area contributed by atoms with Gasteiger partial charge in [0.05, 0.1) is 11.5 Å². The Bertz CT molecular complexity index is 1240. The number of carbonyl (C=O) groups is 3. The molecule has 1 heterocycles. The predicted octanol–water partition coefficient (Wildman–Crippen LogP) is 5.34. The molecular weight excluding hydrogens is 464 g/mol. The number of anilines is 1. The van der Waals surface area contributed by atoms with Crippen LogP contribution in [-0.2, 0) is 16.2 Å². The Hall–Kier alpha value is -4.04. The lowest BCUT2D eigenvalue weighted by atomic mass is 10.1. The molecule has 0 aliphatic carbocycles. The predicted molar refractivity (Wildman–Crippen MR) is 136 cm³/mol. The molecule has 4 rings (SSSR count). The Kier molecular flexibility index (Phi) is 7.84. The van der Waals surface area contributed by atoms with E-state index in [1.54, 1.807) is 48.5 Å². The van der Waals surface area contributed by atoms with Crippen LogP contribution in [0.25, 0.3) is 6.08 Å². The summed E-state index contributed by atoms with van der Waals surface area (Å²) in [6.07, 6.45) is 1.61. The van der Waals surface area contributed by atoms with Gasteiger partial charge in [-0.2, -0.15) is 0 Å². The molecule has 7 nitrogen and oxygen atoms in total. The molecule has 178 valence electrons. The fourth-order valence-electron chi connectivity index (χ4n) is 3.39. The molecule has 3 amide bonds. The second-order valence-corrected chi connectivity index (χ2v) is 8.59. The summed E-state index contributed by atoms with van der Waals surface area (Å²) in [5.41, 5.74) is 2.31. The number of amides is 3. The number of nitrogens with zero attached hydrogens (tertiary/aromatic N) is 1. The molecule has 1 N–H and O–H groups in total. The summed E-state index contributed by atoms with van der Waals surface area (Å²) in [4.78, 5) is 38.7. The molecule has 0 atom stereocenters. The number of benzene rings is 3. The maximum absolute atomic E-state index is 12.8. The van der Waals surface area contributed by atoms with Gasteiger partial charge in [0, 0.05) is 5.69 Å². The van der Waals surface area contributed by atoms with Gasteiger partial charge in [-0.25, -0.2) is 0 Å². The monoisotopic (exact) mass is 488 g/mol. The van der Waals surface area contributed by atoms with E-state index in [2.05, 4.69) is 5.32 Å². The third-order valence-electron chi connectivity index (χ3n) is 5.04. The minimum Gasteiger partial charge on any atom is -0.490 e. The highest BCUT2D eigenvalue weighted by molar-refractivity contribution is 8.18. The molecule has 1 aliphatic rings. The van der Waals surface area contributed by atoms with E-state index in [0.717, 1.165) is 22.2 Å². The molecule has 0 spiro atoms. The van der Waals surface area contributed by atoms with Crippen molar-refractivity contribution in [2.45, 2.75) is 13.5 Å². The standard InChI is InChI=1S/C27H24N2O5S/c1-2-33-23-15-20(13-14-22(23)34-18-19-9-5-3-6-10-19)16-24-26(31)29(27(32)35-24)17-25(30)28-21-11-7-4-8-12-21/h3-16H,2,17-18H2,1H3,(H,28,30)/b24-16-. The molecule has 0 bridgehead atoms. The highest BCUT2D eigenvalue weighted by Crippen LogP contribution is 2.35. The number of carbonyl (C=O) groups excluding carboxylic acids is 3. The number of para-hydroxylation sites is 1. The molecular formula is C27H24N2O5S. The highest BCUT2D eigenvalue weighted by atomic mass is 32.2. The topological polar surface area (TPSA) is 84.9 Å². The van der Waals surface area contributed by atoms with Crippen molar-refractivity contribution in [3.05, 3.63) is 94.9 Å². The third kappa shape index (κ3) is 6.30. The van der Waals surface area contributed by atoms with Crippen LogP contribution in [0.5, 0.6) is 11.5 Å². The summed E-state index contributed by atoms with van der Waals surface area (Å²) < 4.78 is 11.7. The normalized spacial score (nSPS) is 14.3. The second-order valence-electron chi connectivity index (χ2n) is 7.60.